The fraction of sp³-hybridized carbons (Fsp3) is 0.789. The summed E-state index contributed by atoms with van der Waals surface area (Å²) in [5, 5.41) is 9.64. The molecule has 5 nitrogen and oxygen atoms in total. The third-order valence-electron chi connectivity index (χ3n) is 11.8. The summed E-state index contributed by atoms with van der Waals surface area (Å²) >= 11 is 0. The molecule has 0 aliphatic rings. The molecule has 0 aliphatic carbocycles. The lowest BCUT2D eigenvalue weighted by Gasteiger charge is -2.15. The van der Waals surface area contributed by atoms with E-state index < -0.39 is 6.10 Å². The topological polar surface area (TPSA) is 72.8 Å². The molecule has 1 unspecified atom stereocenters. The Labute approximate surface area is 385 Å². The fourth-order valence-corrected chi connectivity index (χ4v) is 7.82. The van der Waals surface area contributed by atoms with Gasteiger partial charge in [0.2, 0.25) is 0 Å². The normalized spacial score (nSPS) is 12.6. The maximum absolute atomic E-state index is 12.3. The van der Waals surface area contributed by atoms with Crippen LogP contribution in [0.25, 0.3) is 0 Å². The lowest BCUT2D eigenvalue weighted by atomic mass is 10.0. The van der Waals surface area contributed by atoms with E-state index in [0.29, 0.717) is 12.8 Å². The molecular formula is C57H102O5. The summed E-state index contributed by atoms with van der Waals surface area (Å²) < 4.78 is 10.7. The smallest absolute Gasteiger partial charge is 0.306 e. The molecule has 0 bridgehead atoms. The molecule has 0 aliphatic heterocycles. The third kappa shape index (κ3) is 50.2. The van der Waals surface area contributed by atoms with E-state index in [-0.39, 0.29) is 25.2 Å². The molecule has 0 rings (SSSR count). The highest BCUT2D eigenvalue weighted by Gasteiger charge is 2.16. The Morgan fingerprint density at radius 2 is 0.694 bits per heavy atom. The Balaban J connectivity index is 3.49. The molecule has 0 fully saturated rings. The number of ether oxygens (including phenoxy) is 2. The summed E-state index contributed by atoms with van der Waals surface area (Å²) in [6.07, 6.45) is 70.4. The first-order chi connectivity index (χ1) is 30.6. The van der Waals surface area contributed by atoms with Gasteiger partial charge >= 0.3 is 11.9 Å². The van der Waals surface area contributed by atoms with Gasteiger partial charge in [0.15, 0.2) is 6.10 Å². The van der Waals surface area contributed by atoms with Gasteiger partial charge in [-0.1, -0.05) is 261 Å². The highest BCUT2D eigenvalue weighted by Crippen LogP contribution is 2.17. The van der Waals surface area contributed by atoms with Crippen molar-refractivity contribution in [1.29, 1.82) is 0 Å². The van der Waals surface area contributed by atoms with Crippen molar-refractivity contribution in [2.45, 2.75) is 277 Å². The lowest BCUT2D eigenvalue weighted by molar-refractivity contribution is -0.161. The Morgan fingerprint density at radius 3 is 1.05 bits per heavy atom. The van der Waals surface area contributed by atoms with E-state index in [1.54, 1.807) is 0 Å². The molecule has 0 aromatic carbocycles. The first-order valence-corrected chi connectivity index (χ1v) is 26.8. The van der Waals surface area contributed by atoms with Crippen molar-refractivity contribution in [3.8, 4) is 0 Å². The molecule has 0 amide bonds. The molecule has 360 valence electrons. The maximum Gasteiger partial charge on any atom is 0.306 e. The van der Waals surface area contributed by atoms with E-state index in [1.165, 1.54) is 167 Å². The lowest BCUT2D eigenvalue weighted by Crippen LogP contribution is -2.28. The zero-order valence-electron chi connectivity index (χ0n) is 41.1. The second-order valence-electron chi connectivity index (χ2n) is 17.9. The molecule has 62 heavy (non-hydrogen) atoms. The van der Waals surface area contributed by atoms with Crippen LogP contribution < -0.4 is 0 Å². The summed E-state index contributed by atoms with van der Waals surface area (Å²) in [7, 11) is 0. The molecule has 0 radical (unpaired) electrons. The van der Waals surface area contributed by atoms with E-state index in [4.69, 9.17) is 9.47 Å². The van der Waals surface area contributed by atoms with Gasteiger partial charge in [0.25, 0.3) is 0 Å². The van der Waals surface area contributed by atoms with Crippen molar-refractivity contribution in [2.75, 3.05) is 13.2 Å². The molecule has 0 saturated heterocycles. The molecular weight excluding hydrogens is 765 g/mol. The molecule has 1 atom stereocenters. The van der Waals surface area contributed by atoms with Crippen LogP contribution in [0.1, 0.15) is 271 Å². The summed E-state index contributed by atoms with van der Waals surface area (Å²) in [5.41, 5.74) is 0. The monoisotopic (exact) mass is 867 g/mol. The quantitative estimate of drug-likeness (QED) is 0.0375. The molecule has 0 saturated carbocycles. The fourth-order valence-electron chi connectivity index (χ4n) is 7.82. The predicted octanol–water partition coefficient (Wildman–Crippen LogP) is 17.9. The van der Waals surface area contributed by atoms with Gasteiger partial charge in [-0.25, -0.2) is 0 Å². The summed E-state index contributed by atoms with van der Waals surface area (Å²) in [6, 6.07) is 0. The average Bonchev–Trinajstić information content (AvgIpc) is 3.28. The van der Waals surface area contributed by atoms with Crippen LogP contribution in [0.4, 0.5) is 0 Å². The Morgan fingerprint density at radius 1 is 0.387 bits per heavy atom. The molecule has 0 heterocycles. The minimum atomic E-state index is -0.779. The highest BCUT2D eigenvalue weighted by molar-refractivity contribution is 5.70. The third-order valence-corrected chi connectivity index (χ3v) is 11.8. The van der Waals surface area contributed by atoms with E-state index in [1.807, 2.05) is 0 Å². The maximum atomic E-state index is 12.3. The minimum Gasteiger partial charge on any atom is -0.462 e. The minimum absolute atomic E-state index is 0.0693. The number of allylic oxidation sites excluding steroid dienone is 10. The number of aliphatic hydroxyl groups excluding tert-OH is 1. The van der Waals surface area contributed by atoms with Crippen LogP contribution in [0.3, 0.4) is 0 Å². The second kappa shape index (κ2) is 52.9. The van der Waals surface area contributed by atoms with Crippen molar-refractivity contribution in [3.05, 3.63) is 60.8 Å². The average molecular weight is 867 g/mol. The first-order valence-electron chi connectivity index (χ1n) is 26.8. The van der Waals surface area contributed by atoms with E-state index in [9.17, 15) is 14.7 Å². The van der Waals surface area contributed by atoms with Gasteiger partial charge in [0, 0.05) is 12.8 Å². The van der Waals surface area contributed by atoms with Crippen LogP contribution in [0.5, 0.6) is 0 Å². The van der Waals surface area contributed by atoms with Crippen LogP contribution in [-0.4, -0.2) is 36.4 Å². The van der Waals surface area contributed by atoms with Crippen molar-refractivity contribution in [1.82, 2.24) is 0 Å². The molecule has 5 heteroatoms. The summed E-state index contributed by atoms with van der Waals surface area (Å²) in [5.74, 6) is -0.594. The van der Waals surface area contributed by atoms with Crippen LogP contribution in [0, 0.1) is 0 Å². The Kier molecular flexibility index (Phi) is 50.9. The zero-order valence-corrected chi connectivity index (χ0v) is 41.1. The van der Waals surface area contributed by atoms with Crippen LogP contribution in [-0.2, 0) is 19.1 Å². The number of hydrogen-bond donors (Lipinski definition) is 1. The molecule has 0 aromatic heterocycles. The van der Waals surface area contributed by atoms with Crippen molar-refractivity contribution < 1.29 is 24.2 Å². The van der Waals surface area contributed by atoms with Gasteiger partial charge in [0.1, 0.15) is 6.61 Å². The van der Waals surface area contributed by atoms with Gasteiger partial charge in [-0.15, -0.1) is 0 Å². The number of carbonyl (C=O) groups excluding carboxylic acids is 2. The second-order valence-corrected chi connectivity index (χ2v) is 17.9. The number of aliphatic hydroxyl groups is 1. The van der Waals surface area contributed by atoms with E-state index in [2.05, 4.69) is 74.6 Å². The number of rotatable bonds is 49. The standard InChI is InChI=1S/C57H102O5/c1-3-5-7-9-11-13-15-17-19-21-23-25-27-28-30-31-33-35-37-39-41-43-45-47-49-51-56(59)61-54-55(53-58)62-57(60)52-50-48-46-44-42-40-38-36-34-32-29-26-24-22-20-18-16-14-12-10-8-6-4-2/h6,8,12,14,18,20,24,26,32,34,55,58H,3-5,7,9-11,13,15-17,19,21-23,25,27-31,33,35-54H2,1-2H3/b8-6-,14-12-,20-18-,26-24-,34-32-. The van der Waals surface area contributed by atoms with Crippen molar-refractivity contribution in [3.63, 3.8) is 0 Å². The Bertz CT molecular complexity index is 1070. The largest absolute Gasteiger partial charge is 0.462 e. The number of hydrogen-bond acceptors (Lipinski definition) is 5. The van der Waals surface area contributed by atoms with Crippen LogP contribution in [0.2, 0.25) is 0 Å². The van der Waals surface area contributed by atoms with Crippen molar-refractivity contribution in [2.24, 2.45) is 0 Å². The van der Waals surface area contributed by atoms with Gasteiger partial charge in [-0.2, -0.15) is 0 Å². The number of esters is 2. The van der Waals surface area contributed by atoms with Crippen LogP contribution in [0.15, 0.2) is 60.8 Å². The van der Waals surface area contributed by atoms with E-state index in [0.717, 1.165) is 77.0 Å². The van der Waals surface area contributed by atoms with Crippen LogP contribution >= 0.6 is 0 Å². The number of unbranched alkanes of at least 4 members (excludes halogenated alkanes) is 31. The Hall–Kier alpha value is -2.40. The molecule has 0 aromatic rings. The predicted molar refractivity (Wildman–Crippen MR) is 270 cm³/mol. The van der Waals surface area contributed by atoms with Gasteiger partial charge in [0.05, 0.1) is 6.61 Å². The first kappa shape index (κ1) is 59.6. The molecule has 1 N–H and O–H groups in total. The molecule has 0 spiro atoms. The summed E-state index contributed by atoms with van der Waals surface area (Å²) in [4.78, 5) is 24.5. The van der Waals surface area contributed by atoms with Crippen molar-refractivity contribution >= 4 is 11.9 Å². The SMILES string of the molecule is CC/C=C\C/C=C\C/C=C\C/C=C\C/C=C\CCCCCCCCCC(=O)OC(CO)COC(=O)CCCCCCCCCCCCCCCCCCCCCCCCCCC. The van der Waals surface area contributed by atoms with Gasteiger partial charge in [-0.3, -0.25) is 9.59 Å². The van der Waals surface area contributed by atoms with Gasteiger partial charge < -0.3 is 14.6 Å². The van der Waals surface area contributed by atoms with E-state index >= 15 is 0 Å². The summed E-state index contributed by atoms with van der Waals surface area (Å²) in [6.45, 7) is 4.05. The highest BCUT2D eigenvalue weighted by atomic mass is 16.6. The van der Waals surface area contributed by atoms with Gasteiger partial charge in [-0.05, 0) is 57.8 Å². The zero-order chi connectivity index (χ0) is 44.9. The number of carbonyl (C=O) groups is 2.